The second kappa shape index (κ2) is 15.2. The van der Waals surface area contributed by atoms with Crippen LogP contribution in [0.25, 0.3) is 6.08 Å². The third-order valence-electron chi connectivity index (χ3n) is 5.39. The molecule has 0 aliphatic rings. The predicted molar refractivity (Wildman–Crippen MR) is 137 cm³/mol. The highest BCUT2D eigenvalue weighted by molar-refractivity contribution is 6.09. The number of benzene rings is 2. The van der Waals surface area contributed by atoms with Gasteiger partial charge in [0.1, 0.15) is 17.2 Å². The lowest BCUT2D eigenvalue weighted by atomic mass is 10.0. The average molecular weight is 453 g/mol. The molecule has 2 aromatic carbocycles. The number of ketones is 1. The summed E-state index contributed by atoms with van der Waals surface area (Å²) in [5.74, 6) is 1.99. The molecule has 2 aromatic rings. The Balaban J connectivity index is 2.27. The summed E-state index contributed by atoms with van der Waals surface area (Å²) in [6, 6.07) is 11.7. The molecule has 2 rings (SSSR count). The summed E-state index contributed by atoms with van der Waals surface area (Å²) in [4.78, 5) is 13.2. The van der Waals surface area contributed by atoms with E-state index in [1.165, 1.54) is 5.56 Å². The van der Waals surface area contributed by atoms with Crippen LogP contribution in [0.1, 0.15) is 87.7 Å². The van der Waals surface area contributed by atoms with Crippen LogP contribution < -0.4 is 14.2 Å². The Morgan fingerprint density at radius 3 is 2.00 bits per heavy atom. The summed E-state index contributed by atoms with van der Waals surface area (Å²) in [6.07, 6.45) is 10.5. The van der Waals surface area contributed by atoms with Crippen molar-refractivity contribution in [3.05, 3.63) is 59.2 Å². The van der Waals surface area contributed by atoms with Crippen LogP contribution in [0.15, 0.2) is 42.5 Å². The van der Waals surface area contributed by atoms with Crippen LogP contribution >= 0.6 is 0 Å². The molecule has 0 aliphatic carbocycles. The molecule has 0 bridgehead atoms. The number of carbonyl (C=O) groups is 1. The molecular weight excluding hydrogens is 412 g/mol. The number of aryl methyl sites for hydroxylation is 1. The third-order valence-corrected chi connectivity index (χ3v) is 5.39. The average Bonchev–Trinajstić information content (AvgIpc) is 2.84. The zero-order chi connectivity index (χ0) is 23.9. The number of hydrogen-bond donors (Lipinski definition) is 0. The minimum absolute atomic E-state index is 0.108. The van der Waals surface area contributed by atoms with Gasteiger partial charge in [-0.3, -0.25) is 4.79 Å². The van der Waals surface area contributed by atoms with Gasteiger partial charge in [0.2, 0.25) is 0 Å². The van der Waals surface area contributed by atoms with E-state index in [9.17, 15) is 4.79 Å². The monoisotopic (exact) mass is 452 g/mol. The van der Waals surface area contributed by atoms with E-state index in [0.717, 1.165) is 56.3 Å². The van der Waals surface area contributed by atoms with Gasteiger partial charge in [-0.05, 0) is 73.7 Å². The van der Waals surface area contributed by atoms with E-state index < -0.39 is 0 Å². The summed E-state index contributed by atoms with van der Waals surface area (Å²) in [5.41, 5.74) is 2.65. The van der Waals surface area contributed by atoms with Gasteiger partial charge in [-0.1, -0.05) is 53.0 Å². The maximum atomic E-state index is 13.2. The van der Waals surface area contributed by atoms with Gasteiger partial charge in [0, 0.05) is 5.56 Å². The first-order valence-corrected chi connectivity index (χ1v) is 12.5. The maximum Gasteiger partial charge on any atom is 0.189 e. The van der Waals surface area contributed by atoms with Crippen molar-refractivity contribution < 1.29 is 19.0 Å². The largest absolute Gasteiger partial charge is 0.494 e. The van der Waals surface area contributed by atoms with Crippen LogP contribution in [0.2, 0.25) is 0 Å². The normalized spacial score (nSPS) is 11.0. The zero-order valence-corrected chi connectivity index (χ0v) is 20.8. The number of ether oxygens (including phenoxy) is 3. The third kappa shape index (κ3) is 8.95. The highest BCUT2D eigenvalue weighted by atomic mass is 16.5. The molecule has 0 fully saturated rings. The van der Waals surface area contributed by atoms with Gasteiger partial charge in [0.05, 0.1) is 25.4 Å². The first kappa shape index (κ1) is 26.5. The molecule has 0 aliphatic heterocycles. The Bertz CT molecular complexity index is 885. The van der Waals surface area contributed by atoms with Crippen molar-refractivity contribution in [2.75, 3.05) is 19.8 Å². The van der Waals surface area contributed by atoms with E-state index >= 15 is 0 Å². The quantitative estimate of drug-likeness (QED) is 0.149. The van der Waals surface area contributed by atoms with Crippen LogP contribution in [0.5, 0.6) is 17.2 Å². The fourth-order valence-electron chi connectivity index (χ4n) is 3.24. The van der Waals surface area contributed by atoms with Crippen LogP contribution in [0.3, 0.4) is 0 Å². The van der Waals surface area contributed by atoms with E-state index in [2.05, 4.69) is 39.8 Å². The molecule has 0 aromatic heterocycles. The molecule has 33 heavy (non-hydrogen) atoms. The fourth-order valence-corrected chi connectivity index (χ4v) is 3.24. The van der Waals surface area contributed by atoms with Crippen LogP contribution in [0.4, 0.5) is 0 Å². The number of allylic oxidation sites excluding steroid dienone is 1. The minimum atomic E-state index is -0.108. The van der Waals surface area contributed by atoms with Gasteiger partial charge in [-0.15, -0.1) is 0 Å². The second-order valence-electron chi connectivity index (χ2n) is 8.19. The van der Waals surface area contributed by atoms with Gasteiger partial charge in [-0.2, -0.15) is 0 Å². The molecule has 0 amide bonds. The summed E-state index contributed by atoms with van der Waals surface area (Å²) in [7, 11) is 0. The molecule has 0 radical (unpaired) electrons. The van der Waals surface area contributed by atoms with Crippen molar-refractivity contribution in [3.63, 3.8) is 0 Å². The number of carbonyl (C=O) groups excluding carboxylic acids is 1. The Hall–Kier alpha value is -2.75. The Labute approximate surface area is 200 Å². The molecule has 0 saturated carbocycles. The summed E-state index contributed by atoms with van der Waals surface area (Å²) < 4.78 is 17.7. The van der Waals surface area contributed by atoms with Gasteiger partial charge in [-0.25, -0.2) is 0 Å². The van der Waals surface area contributed by atoms with E-state index in [1.54, 1.807) is 12.1 Å². The maximum absolute atomic E-state index is 13.2. The summed E-state index contributed by atoms with van der Waals surface area (Å²) in [5, 5.41) is 0. The highest BCUT2D eigenvalue weighted by Gasteiger charge is 2.13. The minimum Gasteiger partial charge on any atom is -0.494 e. The molecular formula is C29H40O4. The second-order valence-corrected chi connectivity index (χ2v) is 8.19. The zero-order valence-electron chi connectivity index (χ0n) is 20.8. The lowest BCUT2D eigenvalue weighted by molar-refractivity contribution is 0.104. The molecule has 180 valence electrons. The molecule has 0 atom stereocenters. The summed E-state index contributed by atoms with van der Waals surface area (Å²) >= 11 is 0. The molecule has 0 unspecified atom stereocenters. The Kier molecular flexibility index (Phi) is 12.2. The molecule has 4 nitrogen and oxygen atoms in total. The van der Waals surface area contributed by atoms with Gasteiger partial charge < -0.3 is 14.2 Å². The lowest BCUT2D eigenvalue weighted by Crippen LogP contribution is -2.05. The SMILES string of the molecule is CCCCOc1ccc(OCCCC)c(C(=O)/C=C/c2cc(CC)ccc2OCCCC)c1. The Morgan fingerprint density at radius 2 is 1.36 bits per heavy atom. The predicted octanol–water partition coefficient (Wildman–Crippen LogP) is 7.68. The van der Waals surface area contributed by atoms with Crippen LogP contribution in [0, 0.1) is 0 Å². The molecule has 0 spiro atoms. The van der Waals surface area contributed by atoms with E-state index in [-0.39, 0.29) is 5.78 Å². The molecule has 0 heterocycles. The topological polar surface area (TPSA) is 44.8 Å². The Morgan fingerprint density at radius 1 is 0.758 bits per heavy atom. The van der Waals surface area contributed by atoms with E-state index in [4.69, 9.17) is 14.2 Å². The molecule has 4 heteroatoms. The molecule has 0 N–H and O–H groups in total. The summed E-state index contributed by atoms with van der Waals surface area (Å²) in [6.45, 7) is 10.4. The van der Waals surface area contributed by atoms with Gasteiger partial charge >= 0.3 is 0 Å². The number of hydrogen-bond acceptors (Lipinski definition) is 4. The van der Waals surface area contributed by atoms with E-state index in [1.807, 2.05) is 24.3 Å². The smallest absolute Gasteiger partial charge is 0.189 e. The van der Waals surface area contributed by atoms with Gasteiger partial charge in [0.25, 0.3) is 0 Å². The highest BCUT2D eigenvalue weighted by Crippen LogP contribution is 2.27. The first-order chi connectivity index (χ1) is 16.1. The molecule has 0 saturated heterocycles. The van der Waals surface area contributed by atoms with Crippen molar-refractivity contribution in [1.82, 2.24) is 0 Å². The van der Waals surface area contributed by atoms with E-state index in [0.29, 0.717) is 36.9 Å². The van der Waals surface area contributed by atoms with Crippen molar-refractivity contribution in [2.24, 2.45) is 0 Å². The van der Waals surface area contributed by atoms with Crippen LogP contribution in [-0.4, -0.2) is 25.6 Å². The first-order valence-electron chi connectivity index (χ1n) is 12.5. The van der Waals surface area contributed by atoms with Crippen LogP contribution in [-0.2, 0) is 6.42 Å². The van der Waals surface area contributed by atoms with Gasteiger partial charge in [0.15, 0.2) is 5.78 Å². The number of unbranched alkanes of at least 4 members (excludes halogenated alkanes) is 3. The lowest BCUT2D eigenvalue weighted by Gasteiger charge is -2.13. The fraction of sp³-hybridized carbons (Fsp3) is 0.483. The van der Waals surface area contributed by atoms with Crippen molar-refractivity contribution >= 4 is 11.9 Å². The van der Waals surface area contributed by atoms with Crippen molar-refractivity contribution in [2.45, 2.75) is 72.6 Å². The van der Waals surface area contributed by atoms with Crippen molar-refractivity contribution in [1.29, 1.82) is 0 Å². The standard InChI is InChI=1S/C29H40O4/c1-5-9-18-31-25-14-17-29(33-20-11-7-3)26(22-25)27(30)15-13-24-21-23(8-4)12-16-28(24)32-19-10-6-2/h12-17,21-22H,5-11,18-20H2,1-4H3/b15-13+. The van der Waals surface area contributed by atoms with Crippen molar-refractivity contribution in [3.8, 4) is 17.2 Å². The number of rotatable bonds is 16.